The van der Waals surface area contributed by atoms with Crippen LogP contribution in [0.3, 0.4) is 0 Å². The van der Waals surface area contributed by atoms with Gasteiger partial charge in [0.1, 0.15) is 6.10 Å². The van der Waals surface area contributed by atoms with Crippen LogP contribution in [0.4, 0.5) is 0 Å². The molecule has 0 aromatic carbocycles. The van der Waals surface area contributed by atoms with E-state index in [-0.39, 0.29) is 64.8 Å². The molecule has 3 N–H and O–H groups in total. The number of hydrogen-bond donors (Lipinski definition) is 2. The van der Waals surface area contributed by atoms with Crippen LogP contribution in [0, 0.1) is 44.8 Å². The minimum atomic E-state index is -1.14. The normalized spacial score (nSPS) is 28.1. The van der Waals surface area contributed by atoms with Gasteiger partial charge in [-0.3, -0.25) is 19.2 Å². The molecule has 0 radical (unpaired) electrons. The summed E-state index contributed by atoms with van der Waals surface area (Å²) in [7, 11) is 0. The molecule has 4 fully saturated rings. The quantitative estimate of drug-likeness (QED) is 0.245. The molecule has 0 aromatic heterocycles. The van der Waals surface area contributed by atoms with Gasteiger partial charge in [0.25, 0.3) is 0 Å². The summed E-state index contributed by atoms with van der Waals surface area (Å²) < 4.78 is 0. The van der Waals surface area contributed by atoms with Crippen molar-refractivity contribution in [3.05, 3.63) is 0 Å². The van der Waals surface area contributed by atoms with E-state index < -0.39 is 40.9 Å². The van der Waals surface area contributed by atoms with Crippen LogP contribution in [0.2, 0.25) is 0 Å². The third-order valence-electron chi connectivity index (χ3n) is 12.6. The monoisotopic (exact) mass is 636 g/mol. The summed E-state index contributed by atoms with van der Waals surface area (Å²) in [4.78, 5) is 57.0. The number of aliphatic hydroxyl groups excluding tert-OH is 1. The molecular weight excluding hydrogens is 576 g/mol. The number of nitrogens with two attached hydrogens (primary N) is 1. The van der Waals surface area contributed by atoms with Crippen molar-refractivity contribution in [3.8, 4) is 0 Å². The molecule has 252 valence electrons. The van der Waals surface area contributed by atoms with E-state index in [0.29, 0.717) is 31.7 Å². The zero-order chi connectivity index (χ0) is 32.3. The first-order valence-electron chi connectivity index (χ1n) is 17.1. The second-order valence-corrected chi connectivity index (χ2v) is 17.5. The van der Waals surface area contributed by atoms with Crippen molar-refractivity contribution in [1.82, 2.24) is 4.90 Å². The van der Waals surface area contributed by atoms with Crippen molar-refractivity contribution in [2.75, 3.05) is 6.54 Å². The molecule has 1 saturated heterocycles. The van der Waals surface area contributed by atoms with Gasteiger partial charge in [-0.25, -0.2) is 0 Å². The van der Waals surface area contributed by atoms with Gasteiger partial charge in [-0.1, -0.05) is 75.2 Å². The fourth-order valence-electron chi connectivity index (χ4n) is 9.02. The molecule has 1 aliphatic heterocycles. The van der Waals surface area contributed by atoms with E-state index in [1.54, 1.807) is 0 Å². The highest BCUT2D eigenvalue weighted by molar-refractivity contribution is 5.95. The zero-order valence-electron chi connectivity index (χ0n) is 29.0. The number of amides is 1. The number of fused-ring (bicyclic) bond motifs is 1. The Balaban J connectivity index is 0.00000529. The molecule has 1 heterocycles. The summed E-state index contributed by atoms with van der Waals surface area (Å²) in [5, 5.41) is 11.1. The Kier molecular flexibility index (Phi) is 10.7. The van der Waals surface area contributed by atoms with Crippen LogP contribution in [-0.4, -0.2) is 58.0 Å². The van der Waals surface area contributed by atoms with Gasteiger partial charge in [0, 0.05) is 37.1 Å². The molecule has 3 saturated carbocycles. The summed E-state index contributed by atoms with van der Waals surface area (Å²) in [5.74, 6) is -1.12. The number of hydrogen-bond acceptors (Lipinski definition) is 6. The van der Waals surface area contributed by atoms with E-state index in [1.165, 1.54) is 6.42 Å². The fourth-order valence-corrected chi connectivity index (χ4v) is 9.02. The number of carbonyl (C=O) groups excluding carboxylic acids is 4. The molecule has 1 unspecified atom stereocenters. The van der Waals surface area contributed by atoms with Gasteiger partial charge in [0.05, 0.1) is 12.1 Å². The molecule has 0 aromatic rings. The van der Waals surface area contributed by atoms with Crippen molar-refractivity contribution in [2.24, 2.45) is 50.6 Å². The third-order valence-corrected chi connectivity index (χ3v) is 12.6. The minimum absolute atomic E-state index is 0. The lowest BCUT2D eigenvalue weighted by Crippen LogP contribution is -2.50. The van der Waals surface area contributed by atoms with E-state index in [9.17, 15) is 24.3 Å². The van der Waals surface area contributed by atoms with E-state index in [1.807, 2.05) is 53.4 Å². The van der Waals surface area contributed by atoms with Crippen molar-refractivity contribution in [2.45, 2.75) is 151 Å². The van der Waals surface area contributed by atoms with Crippen molar-refractivity contribution >= 4 is 35.7 Å². The third kappa shape index (κ3) is 6.45. The summed E-state index contributed by atoms with van der Waals surface area (Å²) in [5.41, 5.74) is 5.49. The summed E-state index contributed by atoms with van der Waals surface area (Å²) in [6, 6.07) is -1.29. The molecule has 3 aliphatic carbocycles. The predicted molar refractivity (Wildman–Crippen MR) is 176 cm³/mol. The van der Waals surface area contributed by atoms with Crippen LogP contribution >= 0.6 is 12.4 Å². The molecule has 8 heteroatoms. The smallest absolute Gasteiger partial charge is 0.227 e. The molecule has 4 rings (SSSR count). The number of aliphatic hydroxyl groups is 1. The number of likely N-dealkylation sites (tertiary alicyclic amines) is 1. The van der Waals surface area contributed by atoms with Gasteiger partial charge >= 0.3 is 0 Å². The average molecular weight is 637 g/mol. The molecular formula is C36H61ClN2O5. The molecule has 2 spiro atoms. The zero-order valence-corrected chi connectivity index (χ0v) is 29.8. The molecule has 1 amide bonds. The van der Waals surface area contributed by atoms with Gasteiger partial charge in [-0.15, -0.1) is 12.4 Å². The first kappa shape index (κ1) is 37.2. The Labute approximate surface area is 272 Å². The first-order chi connectivity index (χ1) is 19.7. The van der Waals surface area contributed by atoms with E-state index >= 15 is 0 Å². The van der Waals surface area contributed by atoms with Gasteiger partial charge in [-0.05, 0) is 72.0 Å². The molecule has 0 bridgehead atoms. The van der Waals surface area contributed by atoms with Crippen molar-refractivity contribution < 1.29 is 24.3 Å². The van der Waals surface area contributed by atoms with Crippen LogP contribution in [0.5, 0.6) is 0 Å². The molecule has 6 atom stereocenters. The number of carbonyl (C=O) groups is 4. The maximum absolute atomic E-state index is 14.6. The highest BCUT2D eigenvalue weighted by Crippen LogP contribution is 2.88. The number of ketones is 3. The van der Waals surface area contributed by atoms with Crippen LogP contribution in [-0.2, 0) is 19.2 Å². The van der Waals surface area contributed by atoms with Crippen LogP contribution in [0.1, 0.15) is 133 Å². The van der Waals surface area contributed by atoms with Gasteiger partial charge in [0.15, 0.2) is 17.3 Å². The van der Waals surface area contributed by atoms with E-state index in [0.717, 1.165) is 32.1 Å². The minimum Gasteiger partial charge on any atom is -0.385 e. The summed E-state index contributed by atoms with van der Waals surface area (Å²) in [6.45, 7) is 18.9. The lowest BCUT2D eigenvalue weighted by molar-refractivity contribution is -0.147. The van der Waals surface area contributed by atoms with Crippen molar-refractivity contribution in [3.63, 3.8) is 0 Å². The fraction of sp³-hybridized carbons (Fsp3) is 0.889. The summed E-state index contributed by atoms with van der Waals surface area (Å²) in [6.07, 6.45) is 6.87. The largest absolute Gasteiger partial charge is 0.385 e. The van der Waals surface area contributed by atoms with Crippen molar-refractivity contribution in [1.29, 1.82) is 0 Å². The Morgan fingerprint density at radius 3 is 1.95 bits per heavy atom. The first-order valence-corrected chi connectivity index (χ1v) is 17.1. The molecule has 4 aliphatic rings. The van der Waals surface area contributed by atoms with E-state index in [2.05, 4.69) is 13.8 Å². The lowest BCUT2D eigenvalue weighted by atomic mass is 9.73. The second-order valence-electron chi connectivity index (χ2n) is 17.5. The second kappa shape index (κ2) is 12.7. The SMILES string of the molecule is CCC[C@H](CC(=O)[C@@H]1C[C@@]2(CN1C(=O)[C@@H](CC(=O)[C@@H](N)C(C)(C)C)C(C)(C)C)C(C)(C)C21CCC1)C(O)C(=O)CC1CC1.Cl. The van der Waals surface area contributed by atoms with Crippen LogP contribution in [0.15, 0.2) is 0 Å². The standard InChI is InChI=1S/C36H60N2O5.ClH/c1-10-12-23(29(42)27(40)17-22-13-14-22)18-26(39)25-20-36(34(8,9)35(36)15-11-16-35)21-38(25)31(43)24(32(2,3)4)19-28(41)30(37)33(5,6)7;/h22-25,29-30,42H,10-21,37H2,1-9H3;1H/t23-,24-,25+,29?,30-,36-;/m1./s1. The topological polar surface area (TPSA) is 118 Å². The number of halogens is 1. The van der Waals surface area contributed by atoms with E-state index in [4.69, 9.17) is 5.73 Å². The molecule has 7 nitrogen and oxygen atoms in total. The Morgan fingerprint density at radius 1 is 0.932 bits per heavy atom. The highest BCUT2D eigenvalue weighted by Gasteiger charge is 2.85. The van der Waals surface area contributed by atoms with Gasteiger partial charge < -0.3 is 15.7 Å². The Bertz CT molecular complexity index is 1110. The highest BCUT2D eigenvalue weighted by atomic mass is 35.5. The Hall–Kier alpha value is -1.31. The van der Waals surface area contributed by atoms with Gasteiger partial charge in [-0.2, -0.15) is 0 Å². The number of Topliss-reactive ketones (excluding diaryl/α,β-unsaturated/α-hetero) is 3. The van der Waals surface area contributed by atoms with Crippen LogP contribution < -0.4 is 5.73 Å². The average Bonchev–Trinajstić information content (AvgIpc) is 3.69. The van der Waals surface area contributed by atoms with Gasteiger partial charge in [0.2, 0.25) is 5.91 Å². The van der Waals surface area contributed by atoms with Crippen LogP contribution in [0.25, 0.3) is 0 Å². The number of nitrogens with zero attached hydrogens (tertiary/aromatic N) is 1. The summed E-state index contributed by atoms with van der Waals surface area (Å²) >= 11 is 0. The maximum Gasteiger partial charge on any atom is 0.227 e. The molecule has 44 heavy (non-hydrogen) atoms. The number of rotatable bonds is 13. The Morgan fingerprint density at radius 2 is 1.52 bits per heavy atom. The maximum atomic E-state index is 14.6. The predicted octanol–water partition coefficient (Wildman–Crippen LogP) is 6.31. The lowest BCUT2D eigenvalue weighted by Gasteiger charge is -2.37.